The zero-order valence-electron chi connectivity index (χ0n) is 11.1. The molecule has 98 valence electrons. The first-order valence-corrected chi connectivity index (χ1v) is 6.22. The molecule has 19 heavy (non-hydrogen) atoms. The summed E-state index contributed by atoms with van der Waals surface area (Å²) in [6.07, 6.45) is 0. The molecule has 0 atom stereocenters. The number of hydrogen-bond acceptors (Lipinski definition) is 3. The first-order valence-electron chi connectivity index (χ1n) is 6.22. The van der Waals surface area contributed by atoms with Gasteiger partial charge in [0.05, 0.1) is 0 Å². The summed E-state index contributed by atoms with van der Waals surface area (Å²) in [6.45, 7) is 4.45. The van der Waals surface area contributed by atoms with E-state index in [4.69, 9.17) is 14.8 Å². The van der Waals surface area contributed by atoms with E-state index in [1.165, 1.54) is 5.56 Å². The van der Waals surface area contributed by atoms with E-state index in [-0.39, 0.29) is 0 Å². The second-order valence-corrected chi connectivity index (χ2v) is 4.61. The van der Waals surface area contributed by atoms with Crippen LogP contribution in [0.25, 0.3) is 0 Å². The Kier molecular flexibility index (Phi) is 4.25. The van der Waals surface area contributed by atoms with Gasteiger partial charge in [-0.25, -0.2) is 0 Å². The molecule has 2 N–H and O–H groups in total. The van der Waals surface area contributed by atoms with Crippen molar-refractivity contribution in [3.05, 3.63) is 59.2 Å². The Labute approximate surface area is 113 Å². The molecule has 0 spiro atoms. The molecule has 3 nitrogen and oxygen atoms in total. The van der Waals surface area contributed by atoms with E-state index in [9.17, 15) is 0 Å². The van der Waals surface area contributed by atoms with Crippen molar-refractivity contribution < 1.29 is 14.8 Å². The van der Waals surface area contributed by atoms with Gasteiger partial charge in [-0.2, -0.15) is 0 Å². The van der Waals surface area contributed by atoms with Crippen LogP contribution < -0.4 is 10.2 Å². The first kappa shape index (κ1) is 13.7. The molecule has 4 heteroatoms. The lowest BCUT2D eigenvalue weighted by Gasteiger charge is -2.12. The van der Waals surface area contributed by atoms with Gasteiger partial charge in [-0.05, 0) is 42.1 Å². The van der Waals surface area contributed by atoms with Gasteiger partial charge in [0.15, 0.2) is 0 Å². The van der Waals surface area contributed by atoms with Gasteiger partial charge in [0.2, 0.25) is 0 Å². The van der Waals surface area contributed by atoms with Crippen LogP contribution >= 0.6 is 0 Å². The summed E-state index contributed by atoms with van der Waals surface area (Å²) >= 11 is 0. The Hall–Kier alpha value is -1.78. The monoisotopic (exact) mass is 256 g/mol. The van der Waals surface area contributed by atoms with Crippen LogP contribution in [0.15, 0.2) is 42.5 Å². The van der Waals surface area contributed by atoms with Crippen LogP contribution in [0.3, 0.4) is 0 Å². The van der Waals surface area contributed by atoms with E-state index in [2.05, 4.69) is 13.0 Å². The van der Waals surface area contributed by atoms with E-state index in [0.29, 0.717) is 12.1 Å². The molecular formula is C15H17BO3. The summed E-state index contributed by atoms with van der Waals surface area (Å²) in [7, 11) is -1.44. The maximum absolute atomic E-state index is 9.10. The summed E-state index contributed by atoms with van der Waals surface area (Å²) in [5.74, 6) is 0.757. The molecule has 0 amide bonds. The highest BCUT2D eigenvalue weighted by Gasteiger charge is 2.12. The maximum atomic E-state index is 9.10. The lowest BCUT2D eigenvalue weighted by atomic mass is 9.79. The van der Waals surface area contributed by atoms with Crippen molar-refractivity contribution in [2.24, 2.45) is 0 Å². The Morgan fingerprint density at radius 1 is 1.00 bits per heavy atom. The number of rotatable bonds is 4. The second kappa shape index (κ2) is 5.91. The molecular weight excluding hydrogens is 239 g/mol. The smallest absolute Gasteiger partial charge is 0.488 e. The number of benzene rings is 2. The largest absolute Gasteiger partial charge is 0.489 e. The Morgan fingerprint density at radius 2 is 1.74 bits per heavy atom. The van der Waals surface area contributed by atoms with Gasteiger partial charge in [0, 0.05) is 0 Å². The zero-order valence-corrected chi connectivity index (χ0v) is 11.1. The number of aryl methyl sites for hydroxylation is 2. The van der Waals surface area contributed by atoms with Gasteiger partial charge in [-0.3, -0.25) is 0 Å². The average Bonchev–Trinajstić information content (AvgIpc) is 2.39. The van der Waals surface area contributed by atoms with Crippen molar-refractivity contribution in [1.82, 2.24) is 0 Å². The topological polar surface area (TPSA) is 49.7 Å². The van der Waals surface area contributed by atoms with Crippen LogP contribution in [0.1, 0.15) is 16.7 Å². The van der Waals surface area contributed by atoms with Crippen LogP contribution in [0.5, 0.6) is 5.75 Å². The van der Waals surface area contributed by atoms with Gasteiger partial charge < -0.3 is 14.8 Å². The summed E-state index contributed by atoms with van der Waals surface area (Å²) < 4.78 is 5.78. The van der Waals surface area contributed by atoms with Crippen molar-refractivity contribution in [3.8, 4) is 5.75 Å². The molecule has 2 aromatic rings. The van der Waals surface area contributed by atoms with E-state index in [0.717, 1.165) is 16.9 Å². The van der Waals surface area contributed by atoms with Crippen molar-refractivity contribution in [1.29, 1.82) is 0 Å². The van der Waals surface area contributed by atoms with Crippen LogP contribution in [-0.4, -0.2) is 17.2 Å². The minimum atomic E-state index is -1.44. The van der Waals surface area contributed by atoms with E-state index < -0.39 is 7.12 Å². The van der Waals surface area contributed by atoms with E-state index in [1.807, 2.05) is 25.1 Å². The van der Waals surface area contributed by atoms with Crippen molar-refractivity contribution in [2.75, 3.05) is 0 Å². The normalized spacial score (nSPS) is 10.3. The second-order valence-electron chi connectivity index (χ2n) is 4.61. The zero-order chi connectivity index (χ0) is 13.8. The maximum Gasteiger partial charge on any atom is 0.488 e. The standard InChI is InChI=1S/C15H17BO3/c1-11-5-3-4-6-13(11)10-19-15-8-7-14(16(17)18)9-12(15)2/h3-9,17-18H,10H2,1-2H3. The predicted molar refractivity (Wildman–Crippen MR) is 76.5 cm³/mol. The van der Waals surface area contributed by atoms with Crippen molar-refractivity contribution >= 4 is 12.6 Å². The molecule has 0 unspecified atom stereocenters. The highest BCUT2D eigenvalue weighted by Crippen LogP contribution is 2.18. The molecule has 0 aliphatic heterocycles. The summed E-state index contributed by atoms with van der Waals surface area (Å²) in [5.41, 5.74) is 3.70. The SMILES string of the molecule is Cc1ccccc1COc1ccc(B(O)O)cc1C. The van der Waals surface area contributed by atoms with Gasteiger partial charge in [0.25, 0.3) is 0 Å². The van der Waals surface area contributed by atoms with Crippen molar-refractivity contribution in [3.63, 3.8) is 0 Å². The van der Waals surface area contributed by atoms with Crippen LogP contribution in [-0.2, 0) is 6.61 Å². The van der Waals surface area contributed by atoms with E-state index in [1.54, 1.807) is 18.2 Å². The number of ether oxygens (including phenoxy) is 1. The van der Waals surface area contributed by atoms with E-state index >= 15 is 0 Å². The quantitative estimate of drug-likeness (QED) is 0.816. The van der Waals surface area contributed by atoms with Gasteiger partial charge in [0.1, 0.15) is 12.4 Å². The lowest BCUT2D eigenvalue weighted by molar-refractivity contribution is 0.303. The molecule has 0 aromatic heterocycles. The number of hydrogen-bond donors (Lipinski definition) is 2. The Morgan fingerprint density at radius 3 is 2.37 bits per heavy atom. The fourth-order valence-corrected chi connectivity index (χ4v) is 1.92. The van der Waals surface area contributed by atoms with Crippen molar-refractivity contribution in [2.45, 2.75) is 20.5 Å². The molecule has 0 aliphatic carbocycles. The summed E-state index contributed by atoms with van der Waals surface area (Å²) in [6, 6.07) is 13.2. The molecule has 0 fully saturated rings. The van der Waals surface area contributed by atoms with Crippen LogP contribution in [0.2, 0.25) is 0 Å². The molecule has 0 saturated heterocycles. The Bertz CT molecular complexity index is 567. The highest BCUT2D eigenvalue weighted by atomic mass is 16.5. The molecule has 0 bridgehead atoms. The fourth-order valence-electron chi connectivity index (χ4n) is 1.92. The minimum Gasteiger partial charge on any atom is -0.489 e. The molecule has 0 aliphatic rings. The molecule has 0 saturated carbocycles. The summed E-state index contributed by atoms with van der Waals surface area (Å²) in [5, 5.41) is 18.2. The minimum absolute atomic E-state index is 0.473. The van der Waals surface area contributed by atoms with Crippen LogP contribution in [0, 0.1) is 13.8 Å². The third-order valence-electron chi connectivity index (χ3n) is 3.14. The first-order chi connectivity index (χ1) is 9.08. The summed E-state index contributed by atoms with van der Waals surface area (Å²) in [4.78, 5) is 0. The van der Waals surface area contributed by atoms with Gasteiger partial charge >= 0.3 is 7.12 Å². The molecule has 0 heterocycles. The third kappa shape index (κ3) is 3.37. The average molecular weight is 256 g/mol. The third-order valence-corrected chi connectivity index (χ3v) is 3.14. The van der Waals surface area contributed by atoms with Crippen LogP contribution in [0.4, 0.5) is 0 Å². The van der Waals surface area contributed by atoms with Gasteiger partial charge in [-0.15, -0.1) is 0 Å². The Balaban J connectivity index is 2.10. The fraction of sp³-hybridized carbons (Fsp3) is 0.200. The highest BCUT2D eigenvalue weighted by molar-refractivity contribution is 6.58. The predicted octanol–water partition coefficient (Wildman–Crippen LogP) is 1.56. The molecule has 2 rings (SSSR count). The molecule has 0 radical (unpaired) electrons. The lowest BCUT2D eigenvalue weighted by Crippen LogP contribution is -2.29. The van der Waals surface area contributed by atoms with Gasteiger partial charge in [-0.1, -0.05) is 36.4 Å². The molecule has 2 aromatic carbocycles.